The molecule has 6 nitrogen and oxygen atoms in total. The fourth-order valence-corrected chi connectivity index (χ4v) is 2.95. The van der Waals surface area contributed by atoms with Crippen molar-refractivity contribution in [3.8, 4) is 11.9 Å². The first-order valence-electron chi connectivity index (χ1n) is 7.34. The smallest absolute Gasteiger partial charge is 0.265 e. The quantitative estimate of drug-likeness (QED) is 0.740. The Bertz CT molecular complexity index is 1080. The molecule has 24 heavy (non-hydrogen) atoms. The van der Waals surface area contributed by atoms with Crippen molar-refractivity contribution in [2.45, 2.75) is 5.92 Å². The minimum Gasteiger partial charge on any atom is -0.422 e. The summed E-state index contributed by atoms with van der Waals surface area (Å²) in [6, 6.07) is 16.6. The molecule has 0 fully saturated rings. The van der Waals surface area contributed by atoms with E-state index in [0.717, 1.165) is 5.56 Å². The van der Waals surface area contributed by atoms with Gasteiger partial charge in [0.05, 0.1) is 11.5 Å². The van der Waals surface area contributed by atoms with Gasteiger partial charge in [0.15, 0.2) is 0 Å². The van der Waals surface area contributed by atoms with Crippen LogP contribution in [0.5, 0.6) is 5.88 Å². The molecule has 0 spiro atoms. The van der Waals surface area contributed by atoms with E-state index in [9.17, 15) is 10.1 Å². The Morgan fingerprint density at radius 2 is 1.92 bits per heavy atom. The van der Waals surface area contributed by atoms with E-state index in [4.69, 9.17) is 10.5 Å². The maximum absolute atomic E-state index is 13.0. The third-order valence-corrected chi connectivity index (χ3v) is 4.04. The van der Waals surface area contributed by atoms with Gasteiger partial charge in [-0.25, -0.2) is 0 Å². The van der Waals surface area contributed by atoms with E-state index >= 15 is 0 Å². The largest absolute Gasteiger partial charge is 0.422 e. The zero-order chi connectivity index (χ0) is 16.7. The van der Waals surface area contributed by atoms with Crippen LogP contribution < -0.4 is 16.0 Å². The number of aromatic nitrogens is 2. The van der Waals surface area contributed by atoms with Crippen molar-refractivity contribution in [1.82, 2.24) is 9.38 Å². The van der Waals surface area contributed by atoms with Gasteiger partial charge in [-0.15, -0.1) is 0 Å². The van der Waals surface area contributed by atoms with Gasteiger partial charge in [0.1, 0.15) is 17.3 Å². The number of benzene rings is 1. The van der Waals surface area contributed by atoms with E-state index in [1.165, 1.54) is 4.40 Å². The van der Waals surface area contributed by atoms with Gasteiger partial charge in [0.25, 0.3) is 5.56 Å². The lowest BCUT2D eigenvalue weighted by atomic mass is 9.85. The third-order valence-electron chi connectivity index (χ3n) is 4.04. The lowest BCUT2D eigenvalue weighted by Gasteiger charge is -2.25. The van der Waals surface area contributed by atoms with Crippen LogP contribution in [0.3, 0.4) is 0 Å². The van der Waals surface area contributed by atoms with Crippen molar-refractivity contribution in [1.29, 1.82) is 5.26 Å². The second-order valence-corrected chi connectivity index (χ2v) is 5.40. The zero-order valence-electron chi connectivity index (χ0n) is 12.5. The molecule has 0 aliphatic carbocycles. The Morgan fingerprint density at radius 3 is 2.67 bits per heavy atom. The second-order valence-electron chi connectivity index (χ2n) is 5.40. The highest BCUT2D eigenvalue weighted by Gasteiger charge is 2.34. The summed E-state index contributed by atoms with van der Waals surface area (Å²) in [4.78, 5) is 17.4. The molecule has 3 aromatic rings. The van der Waals surface area contributed by atoms with Crippen LogP contribution in [-0.4, -0.2) is 9.38 Å². The molecule has 1 atom stereocenters. The highest BCUT2D eigenvalue weighted by atomic mass is 16.5. The predicted molar refractivity (Wildman–Crippen MR) is 87.2 cm³/mol. The van der Waals surface area contributed by atoms with Crippen LogP contribution in [0.2, 0.25) is 0 Å². The SMILES string of the molecule is N#CC1=C(N)Oc2nc3ccccn3c(=O)c2[C@@H]1c1ccccc1. The second kappa shape index (κ2) is 5.25. The van der Waals surface area contributed by atoms with Gasteiger partial charge in [-0.3, -0.25) is 9.20 Å². The van der Waals surface area contributed by atoms with Crippen LogP contribution >= 0.6 is 0 Å². The molecule has 6 heteroatoms. The summed E-state index contributed by atoms with van der Waals surface area (Å²) in [5.74, 6) is -0.473. The van der Waals surface area contributed by atoms with Crippen LogP contribution in [0.15, 0.2) is 71.0 Å². The number of fused-ring (bicyclic) bond motifs is 2. The molecule has 0 amide bonds. The van der Waals surface area contributed by atoms with Gasteiger partial charge < -0.3 is 10.5 Å². The van der Waals surface area contributed by atoms with Gasteiger partial charge >= 0.3 is 0 Å². The molecule has 0 bridgehead atoms. The van der Waals surface area contributed by atoms with E-state index in [0.29, 0.717) is 11.2 Å². The number of hydrogen-bond acceptors (Lipinski definition) is 5. The van der Waals surface area contributed by atoms with Crippen LogP contribution in [0.4, 0.5) is 0 Å². The molecule has 3 heterocycles. The first-order chi connectivity index (χ1) is 11.7. The van der Waals surface area contributed by atoms with Crippen LogP contribution in [0.25, 0.3) is 5.65 Å². The minimum absolute atomic E-state index is 0.0222. The molecule has 0 saturated carbocycles. The van der Waals surface area contributed by atoms with Gasteiger partial charge in [0.2, 0.25) is 11.8 Å². The van der Waals surface area contributed by atoms with Crippen molar-refractivity contribution in [3.05, 3.63) is 87.7 Å². The molecule has 0 radical (unpaired) electrons. The number of pyridine rings is 1. The van der Waals surface area contributed by atoms with Gasteiger partial charge in [-0.1, -0.05) is 36.4 Å². The minimum atomic E-state index is -0.600. The summed E-state index contributed by atoms with van der Waals surface area (Å²) in [7, 11) is 0. The average molecular weight is 316 g/mol. The Labute approximate surface area is 137 Å². The lowest BCUT2D eigenvalue weighted by molar-refractivity contribution is 0.376. The molecule has 0 unspecified atom stereocenters. The third kappa shape index (κ3) is 1.96. The standard InChI is InChI=1S/C18H12N4O2/c19-10-12-14(11-6-2-1-3-7-11)15-17(24-16(12)20)21-13-8-4-5-9-22(13)18(15)23/h1-9,14H,20H2/t14-/m1/s1. The number of allylic oxidation sites excluding steroid dienone is 1. The van der Waals surface area contributed by atoms with E-state index < -0.39 is 5.92 Å². The van der Waals surface area contributed by atoms with Crippen molar-refractivity contribution < 1.29 is 4.74 Å². The highest BCUT2D eigenvalue weighted by Crippen LogP contribution is 2.39. The summed E-state index contributed by atoms with van der Waals surface area (Å²) in [6.07, 6.45) is 1.64. The summed E-state index contributed by atoms with van der Waals surface area (Å²) >= 11 is 0. The van der Waals surface area contributed by atoms with Crippen LogP contribution in [0.1, 0.15) is 17.0 Å². The molecule has 0 saturated heterocycles. The number of hydrogen-bond donors (Lipinski definition) is 1. The van der Waals surface area contributed by atoms with Crippen molar-refractivity contribution in [2.24, 2.45) is 5.73 Å². The van der Waals surface area contributed by atoms with Crippen molar-refractivity contribution in [2.75, 3.05) is 0 Å². The van der Waals surface area contributed by atoms with Crippen LogP contribution in [0, 0.1) is 11.3 Å². The molecular formula is C18H12N4O2. The lowest BCUT2D eigenvalue weighted by Crippen LogP contribution is -2.30. The number of ether oxygens (including phenoxy) is 1. The Morgan fingerprint density at radius 1 is 1.17 bits per heavy atom. The van der Waals surface area contributed by atoms with E-state index in [2.05, 4.69) is 11.1 Å². The molecule has 2 aromatic heterocycles. The topological polar surface area (TPSA) is 93.4 Å². The van der Waals surface area contributed by atoms with Gasteiger partial charge in [0, 0.05) is 6.20 Å². The Balaban J connectivity index is 2.09. The first-order valence-corrected chi connectivity index (χ1v) is 7.34. The predicted octanol–water partition coefficient (Wildman–Crippen LogP) is 1.91. The fraction of sp³-hybridized carbons (Fsp3) is 0.0556. The van der Waals surface area contributed by atoms with E-state index in [-0.39, 0.29) is 22.9 Å². The summed E-state index contributed by atoms with van der Waals surface area (Å²) in [5.41, 5.74) is 7.41. The maximum atomic E-state index is 13.0. The van der Waals surface area contributed by atoms with E-state index in [1.807, 2.05) is 30.3 Å². The highest BCUT2D eigenvalue weighted by molar-refractivity contribution is 5.55. The molecule has 1 aromatic carbocycles. The Hall–Kier alpha value is -3.59. The fourth-order valence-electron chi connectivity index (χ4n) is 2.95. The number of nitrogens with two attached hydrogens (primary N) is 1. The molecule has 116 valence electrons. The molecular weight excluding hydrogens is 304 g/mol. The molecule has 2 N–H and O–H groups in total. The van der Waals surface area contributed by atoms with Gasteiger partial charge in [-0.2, -0.15) is 10.2 Å². The normalized spacial score (nSPS) is 16.4. The molecule has 4 rings (SSSR count). The monoisotopic (exact) mass is 316 g/mol. The summed E-state index contributed by atoms with van der Waals surface area (Å²) in [5, 5.41) is 9.53. The van der Waals surface area contributed by atoms with Crippen LogP contribution in [-0.2, 0) is 0 Å². The average Bonchev–Trinajstić information content (AvgIpc) is 2.61. The first kappa shape index (κ1) is 14.0. The number of nitriles is 1. The Kier molecular flexibility index (Phi) is 3.07. The molecule has 1 aliphatic rings. The van der Waals surface area contributed by atoms with Crippen molar-refractivity contribution in [3.63, 3.8) is 0 Å². The van der Waals surface area contributed by atoms with Gasteiger partial charge in [-0.05, 0) is 17.7 Å². The summed E-state index contributed by atoms with van der Waals surface area (Å²) in [6.45, 7) is 0. The van der Waals surface area contributed by atoms with Crippen molar-refractivity contribution >= 4 is 5.65 Å². The maximum Gasteiger partial charge on any atom is 0.265 e. The number of nitrogens with zero attached hydrogens (tertiary/aromatic N) is 3. The van der Waals surface area contributed by atoms with E-state index in [1.54, 1.807) is 24.4 Å². The zero-order valence-corrected chi connectivity index (χ0v) is 12.5. The number of rotatable bonds is 1. The molecule has 1 aliphatic heterocycles. The summed E-state index contributed by atoms with van der Waals surface area (Å²) < 4.78 is 6.93.